The number of carbonyl (C=O) groups is 1. The SMILES string of the molecule is CCN(C(=O)c1cc(C)cc(N)c1)c1cccc(F)c1. The van der Waals surface area contributed by atoms with Gasteiger partial charge in [0.15, 0.2) is 0 Å². The van der Waals surface area contributed by atoms with Gasteiger partial charge in [0.05, 0.1) is 0 Å². The lowest BCUT2D eigenvalue weighted by molar-refractivity contribution is 0.0988. The first kappa shape index (κ1) is 14.1. The van der Waals surface area contributed by atoms with E-state index in [9.17, 15) is 9.18 Å². The van der Waals surface area contributed by atoms with Crippen LogP contribution in [0.1, 0.15) is 22.8 Å². The lowest BCUT2D eigenvalue weighted by atomic mass is 10.1. The molecule has 0 saturated carbocycles. The van der Waals surface area contributed by atoms with Gasteiger partial charge in [0.25, 0.3) is 5.91 Å². The van der Waals surface area contributed by atoms with Crippen molar-refractivity contribution in [1.29, 1.82) is 0 Å². The van der Waals surface area contributed by atoms with Crippen molar-refractivity contribution in [3.63, 3.8) is 0 Å². The van der Waals surface area contributed by atoms with Crippen molar-refractivity contribution in [3.8, 4) is 0 Å². The Morgan fingerprint density at radius 2 is 2.00 bits per heavy atom. The maximum absolute atomic E-state index is 13.3. The first-order chi connectivity index (χ1) is 9.51. The van der Waals surface area contributed by atoms with Gasteiger partial charge in [0, 0.05) is 23.5 Å². The molecular formula is C16H17FN2O. The number of benzene rings is 2. The van der Waals surface area contributed by atoms with Crippen LogP contribution in [0.15, 0.2) is 42.5 Å². The molecule has 0 aromatic heterocycles. The first-order valence-corrected chi connectivity index (χ1v) is 6.46. The molecule has 0 saturated heterocycles. The molecule has 2 aromatic carbocycles. The van der Waals surface area contributed by atoms with E-state index in [4.69, 9.17) is 5.73 Å². The minimum absolute atomic E-state index is 0.187. The Morgan fingerprint density at radius 1 is 1.25 bits per heavy atom. The highest BCUT2D eigenvalue weighted by atomic mass is 19.1. The van der Waals surface area contributed by atoms with E-state index in [0.29, 0.717) is 23.5 Å². The van der Waals surface area contributed by atoms with Gasteiger partial charge in [-0.1, -0.05) is 6.07 Å². The lowest BCUT2D eigenvalue weighted by Gasteiger charge is -2.21. The zero-order chi connectivity index (χ0) is 14.7. The molecule has 2 N–H and O–H groups in total. The normalized spacial score (nSPS) is 10.3. The quantitative estimate of drug-likeness (QED) is 0.871. The van der Waals surface area contributed by atoms with E-state index < -0.39 is 0 Å². The van der Waals surface area contributed by atoms with E-state index in [1.807, 2.05) is 13.8 Å². The van der Waals surface area contributed by atoms with E-state index in [-0.39, 0.29) is 11.7 Å². The molecule has 0 unspecified atom stereocenters. The van der Waals surface area contributed by atoms with Gasteiger partial charge in [-0.3, -0.25) is 4.79 Å². The number of anilines is 2. The van der Waals surface area contributed by atoms with E-state index in [1.165, 1.54) is 17.0 Å². The number of amides is 1. The molecule has 0 radical (unpaired) electrons. The van der Waals surface area contributed by atoms with Crippen molar-refractivity contribution in [3.05, 3.63) is 59.4 Å². The third kappa shape index (κ3) is 2.96. The van der Waals surface area contributed by atoms with E-state index >= 15 is 0 Å². The molecule has 0 bridgehead atoms. The molecule has 104 valence electrons. The van der Waals surface area contributed by atoms with Crippen molar-refractivity contribution in [2.24, 2.45) is 0 Å². The van der Waals surface area contributed by atoms with Gasteiger partial charge < -0.3 is 10.6 Å². The molecule has 0 aliphatic heterocycles. The van der Waals surface area contributed by atoms with E-state index in [1.54, 1.807) is 30.3 Å². The van der Waals surface area contributed by atoms with Gasteiger partial charge in [-0.05, 0) is 55.8 Å². The smallest absolute Gasteiger partial charge is 0.258 e. The van der Waals surface area contributed by atoms with Crippen molar-refractivity contribution in [2.75, 3.05) is 17.2 Å². The lowest BCUT2D eigenvalue weighted by Crippen LogP contribution is -2.30. The maximum atomic E-state index is 13.3. The summed E-state index contributed by atoms with van der Waals surface area (Å²) in [6.45, 7) is 4.18. The second-order valence-corrected chi connectivity index (χ2v) is 4.66. The number of nitrogen functional groups attached to an aromatic ring is 1. The van der Waals surface area contributed by atoms with Crippen LogP contribution in [-0.4, -0.2) is 12.5 Å². The largest absolute Gasteiger partial charge is 0.399 e. The van der Waals surface area contributed by atoms with Crippen LogP contribution in [0.2, 0.25) is 0 Å². The standard InChI is InChI=1S/C16H17FN2O/c1-3-19(15-6-4-5-13(17)10-15)16(20)12-7-11(2)8-14(18)9-12/h4-10H,3,18H2,1-2H3. The number of carbonyl (C=O) groups excluding carboxylic acids is 1. The maximum Gasteiger partial charge on any atom is 0.258 e. The fraction of sp³-hybridized carbons (Fsp3) is 0.188. The van der Waals surface area contributed by atoms with Gasteiger partial charge in [0.1, 0.15) is 5.82 Å². The van der Waals surface area contributed by atoms with Gasteiger partial charge in [-0.15, -0.1) is 0 Å². The summed E-state index contributed by atoms with van der Waals surface area (Å²) in [6.07, 6.45) is 0. The van der Waals surface area contributed by atoms with Crippen LogP contribution in [0.25, 0.3) is 0 Å². The summed E-state index contributed by atoms with van der Waals surface area (Å²) in [5, 5.41) is 0. The highest BCUT2D eigenvalue weighted by Crippen LogP contribution is 2.20. The van der Waals surface area contributed by atoms with Gasteiger partial charge in [-0.2, -0.15) is 0 Å². The Kier molecular flexibility index (Phi) is 4.03. The summed E-state index contributed by atoms with van der Waals surface area (Å²) < 4.78 is 13.3. The number of nitrogens with two attached hydrogens (primary N) is 1. The minimum atomic E-state index is -0.363. The minimum Gasteiger partial charge on any atom is -0.399 e. The predicted octanol–water partition coefficient (Wildman–Crippen LogP) is 3.38. The first-order valence-electron chi connectivity index (χ1n) is 6.46. The average Bonchev–Trinajstić information content (AvgIpc) is 2.38. The average molecular weight is 272 g/mol. The molecule has 2 aromatic rings. The fourth-order valence-corrected chi connectivity index (χ4v) is 2.18. The number of aryl methyl sites for hydroxylation is 1. The third-order valence-electron chi connectivity index (χ3n) is 3.03. The Balaban J connectivity index is 2.38. The van der Waals surface area contributed by atoms with Crippen LogP contribution >= 0.6 is 0 Å². The summed E-state index contributed by atoms with van der Waals surface area (Å²) in [4.78, 5) is 14.1. The number of hydrogen-bond acceptors (Lipinski definition) is 2. The van der Waals surface area contributed by atoms with Crippen LogP contribution in [0.4, 0.5) is 15.8 Å². The fourth-order valence-electron chi connectivity index (χ4n) is 2.18. The molecule has 0 atom stereocenters. The van der Waals surface area contributed by atoms with Crippen LogP contribution in [-0.2, 0) is 0 Å². The summed E-state index contributed by atoms with van der Waals surface area (Å²) in [7, 11) is 0. The van der Waals surface area contributed by atoms with Gasteiger partial charge >= 0.3 is 0 Å². The topological polar surface area (TPSA) is 46.3 Å². The third-order valence-corrected chi connectivity index (χ3v) is 3.03. The number of nitrogens with zero attached hydrogens (tertiary/aromatic N) is 1. The van der Waals surface area contributed by atoms with Crippen molar-refractivity contribution >= 4 is 17.3 Å². The van der Waals surface area contributed by atoms with Crippen LogP contribution in [0, 0.1) is 12.7 Å². The number of halogens is 1. The molecule has 0 fully saturated rings. The zero-order valence-electron chi connectivity index (χ0n) is 11.6. The molecule has 0 spiro atoms. The highest BCUT2D eigenvalue weighted by Gasteiger charge is 2.17. The molecule has 0 aliphatic carbocycles. The Hall–Kier alpha value is -2.36. The molecule has 0 aliphatic rings. The van der Waals surface area contributed by atoms with Crippen molar-refractivity contribution in [2.45, 2.75) is 13.8 Å². The highest BCUT2D eigenvalue weighted by molar-refractivity contribution is 6.06. The van der Waals surface area contributed by atoms with Gasteiger partial charge in [0.2, 0.25) is 0 Å². The summed E-state index contributed by atoms with van der Waals surface area (Å²) in [5.41, 5.74) is 8.28. The second-order valence-electron chi connectivity index (χ2n) is 4.66. The van der Waals surface area contributed by atoms with Crippen molar-refractivity contribution in [1.82, 2.24) is 0 Å². The molecule has 1 amide bonds. The van der Waals surface area contributed by atoms with E-state index in [2.05, 4.69) is 0 Å². The van der Waals surface area contributed by atoms with Gasteiger partial charge in [-0.25, -0.2) is 4.39 Å². The molecular weight excluding hydrogens is 255 g/mol. The zero-order valence-corrected chi connectivity index (χ0v) is 11.6. The predicted molar refractivity (Wildman–Crippen MR) is 79.3 cm³/mol. The van der Waals surface area contributed by atoms with Crippen LogP contribution in [0.3, 0.4) is 0 Å². The Labute approximate surface area is 117 Å². The summed E-state index contributed by atoms with van der Waals surface area (Å²) in [6, 6.07) is 11.2. The molecule has 20 heavy (non-hydrogen) atoms. The number of hydrogen-bond donors (Lipinski definition) is 1. The molecule has 0 heterocycles. The van der Waals surface area contributed by atoms with E-state index in [0.717, 1.165) is 5.56 Å². The molecule has 2 rings (SSSR count). The van der Waals surface area contributed by atoms with Crippen molar-refractivity contribution < 1.29 is 9.18 Å². The van der Waals surface area contributed by atoms with Crippen LogP contribution in [0.5, 0.6) is 0 Å². The summed E-state index contributed by atoms with van der Waals surface area (Å²) in [5.74, 6) is -0.550. The van der Waals surface area contributed by atoms with Crippen LogP contribution < -0.4 is 10.6 Å². The Morgan fingerprint density at radius 3 is 2.60 bits per heavy atom. The molecule has 3 nitrogen and oxygen atoms in total. The Bertz CT molecular complexity index is 620. The monoisotopic (exact) mass is 272 g/mol. The number of rotatable bonds is 3. The second kappa shape index (κ2) is 5.74. The molecule has 4 heteroatoms. The summed E-state index contributed by atoms with van der Waals surface area (Å²) >= 11 is 0.